The van der Waals surface area contributed by atoms with Gasteiger partial charge in [-0.3, -0.25) is 4.79 Å². The first-order valence-corrected chi connectivity index (χ1v) is 10.0. The Hall–Kier alpha value is -2.84. The molecule has 0 fully saturated rings. The highest BCUT2D eigenvalue weighted by Gasteiger charge is 2.07. The van der Waals surface area contributed by atoms with Crippen molar-refractivity contribution in [1.82, 2.24) is 20.3 Å². The molecular weight excluding hydrogens is 396 g/mol. The summed E-state index contributed by atoms with van der Waals surface area (Å²) in [6.07, 6.45) is 0. The minimum absolute atomic E-state index is 0.0744. The normalized spacial score (nSPS) is 10.5. The van der Waals surface area contributed by atoms with Gasteiger partial charge in [-0.2, -0.15) is 15.0 Å². The van der Waals surface area contributed by atoms with Gasteiger partial charge in [0.25, 0.3) is 0 Å². The molecule has 1 amide bonds. The number of nitrogens with one attached hydrogen (secondary N) is 2. The Bertz CT molecular complexity index is 941. The molecule has 7 nitrogen and oxygen atoms in total. The van der Waals surface area contributed by atoms with Crippen LogP contribution in [0.4, 0.5) is 17.6 Å². The third-order valence-corrected chi connectivity index (χ3v) is 4.74. The third kappa shape index (κ3) is 6.40. The Morgan fingerprint density at radius 1 is 1.07 bits per heavy atom. The Balaban J connectivity index is 1.48. The lowest BCUT2D eigenvalue weighted by Crippen LogP contribution is -2.24. The maximum atomic E-state index is 12.0. The van der Waals surface area contributed by atoms with Crippen molar-refractivity contribution < 1.29 is 4.79 Å². The number of aromatic nitrogens is 3. The van der Waals surface area contributed by atoms with E-state index in [1.165, 1.54) is 11.8 Å². The summed E-state index contributed by atoms with van der Waals surface area (Å²) in [4.78, 5) is 24.6. The van der Waals surface area contributed by atoms with Gasteiger partial charge in [-0.15, -0.1) is 11.8 Å². The van der Waals surface area contributed by atoms with E-state index in [2.05, 4.69) is 25.6 Å². The van der Waals surface area contributed by atoms with Crippen LogP contribution in [-0.4, -0.2) is 26.6 Å². The van der Waals surface area contributed by atoms with Crippen LogP contribution in [-0.2, 0) is 17.1 Å². The average molecular weight is 415 g/mol. The summed E-state index contributed by atoms with van der Waals surface area (Å²) in [6, 6.07) is 16.9. The molecule has 0 unspecified atom stereocenters. The van der Waals surface area contributed by atoms with Crippen LogP contribution in [0.3, 0.4) is 0 Å². The third-order valence-electron chi connectivity index (χ3n) is 3.57. The van der Waals surface area contributed by atoms with Gasteiger partial charge in [0.1, 0.15) is 5.82 Å². The SMILES string of the molecule is Nc1nc(CSCC(=O)NCc2cccc(Cl)c2)nc(Nc2ccccc2)n1. The van der Waals surface area contributed by atoms with Crippen LogP contribution in [0.15, 0.2) is 54.6 Å². The lowest BCUT2D eigenvalue weighted by molar-refractivity contribution is -0.118. The smallest absolute Gasteiger partial charge is 0.232 e. The number of hydrogen-bond donors (Lipinski definition) is 3. The first kappa shape index (κ1) is 19.9. The lowest BCUT2D eigenvalue weighted by atomic mass is 10.2. The fourth-order valence-corrected chi connectivity index (χ4v) is 3.26. The molecule has 28 heavy (non-hydrogen) atoms. The van der Waals surface area contributed by atoms with Crippen molar-refractivity contribution >= 4 is 46.9 Å². The molecule has 4 N–H and O–H groups in total. The molecule has 0 saturated heterocycles. The van der Waals surface area contributed by atoms with Gasteiger partial charge in [0.2, 0.25) is 17.8 Å². The van der Waals surface area contributed by atoms with Gasteiger partial charge in [0.15, 0.2) is 0 Å². The number of carbonyl (C=O) groups excluding carboxylic acids is 1. The van der Waals surface area contributed by atoms with E-state index in [0.717, 1.165) is 11.3 Å². The van der Waals surface area contributed by atoms with E-state index in [1.807, 2.05) is 48.5 Å². The summed E-state index contributed by atoms with van der Waals surface area (Å²) < 4.78 is 0. The molecule has 0 spiro atoms. The highest BCUT2D eigenvalue weighted by Crippen LogP contribution is 2.15. The van der Waals surface area contributed by atoms with Gasteiger partial charge in [-0.25, -0.2) is 0 Å². The Kier molecular flexibility index (Phi) is 7.05. The molecule has 2 aromatic carbocycles. The number of rotatable bonds is 8. The largest absolute Gasteiger partial charge is 0.368 e. The summed E-state index contributed by atoms with van der Waals surface area (Å²) >= 11 is 7.34. The average Bonchev–Trinajstić information content (AvgIpc) is 2.67. The van der Waals surface area contributed by atoms with Gasteiger partial charge >= 0.3 is 0 Å². The van der Waals surface area contributed by atoms with E-state index >= 15 is 0 Å². The van der Waals surface area contributed by atoms with Gasteiger partial charge in [-0.05, 0) is 29.8 Å². The van der Waals surface area contributed by atoms with E-state index in [-0.39, 0.29) is 17.6 Å². The summed E-state index contributed by atoms with van der Waals surface area (Å²) in [7, 11) is 0. The molecule has 1 heterocycles. The van der Waals surface area contributed by atoms with Gasteiger partial charge in [0, 0.05) is 17.3 Å². The van der Waals surface area contributed by atoms with Crippen molar-refractivity contribution in [3.63, 3.8) is 0 Å². The van der Waals surface area contributed by atoms with Crippen LogP contribution >= 0.6 is 23.4 Å². The van der Waals surface area contributed by atoms with E-state index in [9.17, 15) is 4.79 Å². The van der Waals surface area contributed by atoms with Crippen LogP contribution in [0.1, 0.15) is 11.4 Å². The summed E-state index contributed by atoms with van der Waals surface area (Å²) in [5, 5.41) is 6.59. The number of para-hydroxylation sites is 1. The molecule has 9 heteroatoms. The van der Waals surface area contributed by atoms with Crippen molar-refractivity contribution in [2.45, 2.75) is 12.3 Å². The van der Waals surface area contributed by atoms with Crippen molar-refractivity contribution in [2.75, 3.05) is 16.8 Å². The standard InChI is InChI=1S/C19H19ClN6OS/c20-14-6-4-5-13(9-14)10-22-17(27)12-28-11-16-24-18(21)26-19(25-16)23-15-7-2-1-3-8-15/h1-9H,10-12H2,(H,22,27)(H3,21,23,24,25,26). The number of anilines is 3. The lowest BCUT2D eigenvalue weighted by Gasteiger charge is -2.08. The second-order valence-corrected chi connectivity index (χ2v) is 7.25. The Labute approximate surface area is 172 Å². The van der Waals surface area contributed by atoms with Gasteiger partial charge in [0.05, 0.1) is 11.5 Å². The molecule has 1 aromatic heterocycles. The molecule has 0 saturated carbocycles. The number of amides is 1. The maximum Gasteiger partial charge on any atom is 0.232 e. The predicted octanol–water partition coefficient (Wildman–Crippen LogP) is 3.40. The summed E-state index contributed by atoms with van der Waals surface area (Å²) in [5.41, 5.74) is 7.57. The molecule has 144 valence electrons. The maximum absolute atomic E-state index is 12.0. The zero-order valence-electron chi connectivity index (χ0n) is 14.9. The molecular formula is C19H19ClN6OS. The molecule has 0 atom stereocenters. The minimum Gasteiger partial charge on any atom is -0.368 e. The van der Waals surface area contributed by atoms with Crippen molar-refractivity contribution in [1.29, 1.82) is 0 Å². The molecule has 0 aliphatic rings. The van der Waals surface area contributed by atoms with Crippen LogP contribution in [0.25, 0.3) is 0 Å². The highest BCUT2D eigenvalue weighted by molar-refractivity contribution is 7.99. The number of nitrogens with zero attached hydrogens (tertiary/aromatic N) is 3. The first-order valence-electron chi connectivity index (χ1n) is 8.50. The van der Waals surface area contributed by atoms with Crippen molar-refractivity contribution in [3.05, 3.63) is 71.0 Å². The van der Waals surface area contributed by atoms with Crippen molar-refractivity contribution in [2.24, 2.45) is 0 Å². The summed E-state index contributed by atoms with van der Waals surface area (Å²) in [6.45, 7) is 0.434. The number of nitrogen functional groups attached to an aromatic ring is 1. The second kappa shape index (κ2) is 9.91. The van der Waals surface area contributed by atoms with Crippen LogP contribution in [0, 0.1) is 0 Å². The van der Waals surface area contributed by atoms with E-state index in [4.69, 9.17) is 17.3 Å². The number of thioether (sulfide) groups is 1. The fourth-order valence-electron chi connectivity index (χ4n) is 2.34. The van der Waals surface area contributed by atoms with Crippen molar-refractivity contribution in [3.8, 4) is 0 Å². The molecule has 0 aliphatic carbocycles. The summed E-state index contributed by atoms with van der Waals surface area (Å²) in [5.74, 6) is 1.68. The van der Waals surface area contributed by atoms with Crippen LogP contribution in [0.2, 0.25) is 5.02 Å². The fraction of sp³-hybridized carbons (Fsp3) is 0.158. The van der Waals surface area contributed by atoms with E-state index in [1.54, 1.807) is 6.07 Å². The monoisotopic (exact) mass is 414 g/mol. The van der Waals surface area contributed by atoms with Crippen LogP contribution < -0.4 is 16.4 Å². The number of nitrogens with two attached hydrogens (primary N) is 1. The van der Waals surface area contributed by atoms with E-state index < -0.39 is 0 Å². The molecule has 3 aromatic rings. The minimum atomic E-state index is -0.0744. The quantitative estimate of drug-likeness (QED) is 0.518. The highest BCUT2D eigenvalue weighted by atomic mass is 35.5. The number of benzene rings is 2. The zero-order valence-corrected chi connectivity index (χ0v) is 16.5. The van der Waals surface area contributed by atoms with Gasteiger partial charge < -0.3 is 16.4 Å². The Morgan fingerprint density at radius 2 is 1.89 bits per heavy atom. The Morgan fingerprint density at radius 3 is 2.68 bits per heavy atom. The van der Waals surface area contributed by atoms with Gasteiger partial charge in [-0.1, -0.05) is 41.9 Å². The molecule has 0 radical (unpaired) electrons. The number of hydrogen-bond acceptors (Lipinski definition) is 7. The first-order chi connectivity index (χ1) is 13.6. The number of halogens is 1. The second-order valence-electron chi connectivity index (χ2n) is 5.82. The predicted molar refractivity (Wildman–Crippen MR) is 113 cm³/mol. The zero-order chi connectivity index (χ0) is 19.8. The number of carbonyl (C=O) groups is 1. The topological polar surface area (TPSA) is 106 Å². The molecule has 3 rings (SSSR count). The molecule has 0 aliphatic heterocycles. The van der Waals surface area contributed by atoms with E-state index in [0.29, 0.717) is 29.1 Å². The molecule has 0 bridgehead atoms. The van der Waals surface area contributed by atoms with Crippen LogP contribution in [0.5, 0.6) is 0 Å².